The average Bonchev–Trinajstić information content (AvgIpc) is 3.23. The number of carbonyl (C=O) groups is 1. The Hall–Kier alpha value is -3.67. The van der Waals surface area contributed by atoms with Crippen LogP contribution < -0.4 is 4.90 Å². The number of nitrogens with zero attached hydrogens (tertiary/aromatic N) is 4. The van der Waals surface area contributed by atoms with Gasteiger partial charge in [-0.2, -0.15) is 5.10 Å². The fraction of sp³-hybridized carbons (Fsp3) is 0.167. The average molecular weight is 400 g/mol. The molecule has 1 aliphatic rings. The zero-order valence-corrected chi connectivity index (χ0v) is 16.4. The third-order valence-corrected chi connectivity index (χ3v) is 5.61. The van der Waals surface area contributed by atoms with Crippen molar-refractivity contribution in [1.82, 2.24) is 14.5 Å². The SMILES string of the molecule is O=C(c1ccccc1)N1CCN(c2cnn3ccc(-c4ccc(F)cc4)cc23)CC1. The van der Waals surface area contributed by atoms with Crippen LogP contribution in [0.1, 0.15) is 10.4 Å². The van der Waals surface area contributed by atoms with Crippen LogP contribution in [0, 0.1) is 5.82 Å². The third-order valence-electron chi connectivity index (χ3n) is 5.61. The first kappa shape index (κ1) is 18.4. The van der Waals surface area contributed by atoms with Gasteiger partial charge in [-0.25, -0.2) is 8.91 Å². The number of piperazine rings is 1. The minimum absolute atomic E-state index is 0.0775. The Labute approximate surface area is 174 Å². The molecule has 0 bridgehead atoms. The van der Waals surface area contributed by atoms with Crippen LogP contribution in [0.4, 0.5) is 10.1 Å². The molecule has 0 saturated carbocycles. The Morgan fingerprint density at radius 1 is 0.867 bits per heavy atom. The van der Waals surface area contributed by atoms with Crippen LogP contribution in [0.3, 0.4) is 0 Å². The monoisotopic (exact) mass is 400 g/mol. The van der Waals surface area contributed by atoms with Gasteiger partial charge in [-0.15, -0.1) is 0 Å². The molecule has 0 unspecified atom stereocenters. The first-order valence-corrected chi connectivity index (χ1v) is 10.0. The quantitative estimate of drug-likeness (QED) is 0.520. The van der Waals surface area contributed by atoms with Crippen molar-refractivity contribution in [2.75, 3.05) is 31.1 Å². The van der Waals surface area contributed by atoms with Gasteiger partial charge in [-0.1, -0.05) is 30.3 Å². The van der Waals surface area contributed by atoms with Crippen molar-refractivity contribution in [3.8, 4) is 11.1 Å². The molecule has 0 atom stereocenters. The summed E-state index contributed by atoms with van der Waals surface area (Å²) in [6.07, 6.45) is 3.80. The molecule has 1 fully saturated rings. The molecule has 3 heterocycles. The van der Waals surface area contributed by atoms with E-state index in [1.165, 1.54) is 12.1 Å². The highest BCUT2D eigenvalue weighted by molar-refractivity contribution is 5.94. The third kappa shape index (κ3) is 3.41. The summed E-state index contributed by atoms with van der Waals surface area (Å²) in [5.41, 5.74) is 4.75. The second kappa shape index (κ2) is 7.63. The fourth-order valence-electron chi connectivity index (χ4n) is 3.95. The van der Waals surface area contributed by atoms with Crippen LogP contribution in [0.5, 0.6) is 0 Å². The predicted octanol–water partition coefficient (Wildman–Crippen LogP) is 4.10. The highest BCUT2D eigenvalue weighted by atomic mass is 19.1. The maximum absolute atomic E-state index is 13.3. The summed E-state index contributed by atoms with van der Waals surface area (Å²) in [7, 11) is 0. The standard InChI is InChI=1S/C24H21FN4O/c25-21-8-6-18(7-9-21)20-10-11-29-22(16-20)23(17-26-29)27-12-14-28(15-13-27)24(30)19-4-2-1-3-5-19/h1-11,16-17H,12-15H2. The number of aromatic nitrogens is 2. The van der Waals surface area contributed by atoms with E-state index in [0.29, 0.717) is 13.1 Å². The van der Waals surface area contributed by atoms with Crippen LogP contribution in [-0.4, -0.2) is 46.6 Å². The Balaban J connectivity index is 1.36. The van der Waals surface area contributed by atoms with Crippen LogP contribution in [0.15, 0.2) is 79.1 Å². The number of hydrogen-bond acceptors (Lipinski definition) is 3. The molecule has 1 aliphatic heterocycles. The van der Waals surface area contributed by atoms with Crippen molar-refractivity contribution < 1.29 is 9.18 Å². The molecule has 1 saturated heterocycles. The van der Waals surface area contributed by atoms with E-state index < -0.39 is 0 Å². The number of hydrogen-bond donors (Lipinski definition) is 0. The van der Waals surface area contributed by atoms with Crippen molar-refractivity contribution in [2.24, 2.45) is 0 Å². The van der Waals surface area contributed by atoms with Gasteiger partial charge >= 0.3 is 0 Å². The summed E-state index contributed by atoms with van der Waals surface area (Å²) < 4.78 is 15.1. The molecule has 0 N–H and O–H groups in total. The van der Waals surface area contributed by atoms with Gasteiger partial charge in [0.15, 0.2) is 0 Å². The minimum atomic E-state index is -0.243. The molecule has 30 heavy (non-hydrogen) atoms. The fourth-order valence-corrected chi connectivity index (χ4v) is 3.95. The second-order valence-electron chi connectivity index (χ2n) is 7.43. The topological polar surface area (TPSA) is 40.9 Å². The van der Waals surface area contributed by atoms with Crippen molar-refractivity contribution in [1.29, 1.82) is 0 Å². The van der Waals surface area contributed by atoms with Crippen molar-refractivity contribution in [3.05, 3.63) is 90.5 Å². The molecule has 0 spiro atoms. The van der Waals surface area contributed by atoms with Gasteiger partial charge in [0.2, 0.25) is 0 Å². The zero-order valence-electron chi connectivity index (χ0n) is 16.4. The Kier molecular flexibility index (Phi) is 4.67. The van der Waals surface area contributed by atoms with Crippen molar-refractivity contribution in [2.45, 2.75) is 0 Å². The van der Waals surface area contributed by atoms with Crippen LogP contribution in [0.25, 0.3) is 16.6 Å². The molecule has 2 aromatic carbocycles. The summed E-state index contributed by atoms with van der Waals surface area (Å²) in [6.45, 7) is 2.84. The lowest BCUT2D eigenvalue weighted by Gasteiger charge is -2.35. The van der Waals surface area contributed by atoms with Crippen LogP contribution >= 0.6 is 0 Å². The van der Waals surface area contributed by atoms with E-state index in [-0.39, 0.29) is 11.7 Å². The Morgan fingerprint density at radius 2 is 1.60 bits per heavy atom. The molecule has 0 aliphatic carbocycles. The van der Waals surface area contributed by atoms with Gasteiger partial charge in [-0.3, -0.25) is 4.79 Å². The van der Waals surface area contributed by atoms with Gasteiger partial charge in [0.1, 0.15) is 5.82 Å². The Bertz CT molecular complexity index is 1180. The van der Waals surface area contributed by atoms with Crippen molar-refractivity contribution in [3.63, 3.8) is 0 Å². The molecule has 2 aromatic heterocycles. The smallest absolute Gasteiger partial charge is 0.253 e. The van der Waals surface area contributed by atoms with Gasteiger partial charge in [0.25, 0.3) is 5.91 Å². The van der Waals surface area contributed by atoms with E-state index in [1.807, 2.05) is 58.2 Å². The highest BCUT2D eigenvalue weighted by Gasteiger charge is 2.24. The minimum Gasteiger partial charge on any atom is -0.365 e. The van der Waals surface area contributed by atoms with E-state index in [9.17, 15) is 9.18 Å². The van der Waals surface area contributed by atoms with Crippen molar-refractivity contribution >= 4 is 17.1 Å². The van der Waals surface area contributed by atoms with E-state index >= 15 is 0 Å². The summed E-state index contributed by atoms with van der Waals surface area (Å²) in [5.74, 6) is -0.165. The second-order valence-corrected chi connectivity index (χ2v) is 7.43. The molecule has 1 amide bonds. The number of halogens is 1. The molecule has 0 radical (unpaired) electrons. The highest BCUT2D eigenvalue weighted by Crippen LogP contribution is 2.28. The van der Waals surface area contributed by atoms with Gasteiger partial charge in [0, 0.05) is 37.9 Å². The van der Waals surface area contributed by atoms with E-state index in [4.69, 9.17) is 0 Å². The predicted molar refractivity (Wildman–Crippen MR) is 115 cm³/mol. The molecule has 5 nitrogen and oxygen atoms in total. The van der Waals surface area contributed by atoms with E-state index in [0.717, 1.165) is 41.0 Å². The molecular weight excluding hydrogens is 379 g/mol. The van der Waals surface area contributed by atoms with Gasteiger partial charge < -0.3 is 9.80 Å². The summed E-state index contributed by atoms with van der Waals surface area (Å²) >= 11 is 0. The summed E-state index contributed by atoms with van der Waals surface area (Å²) in [6, 6.07) is 20.0. The molecule has 6 heteroatoms. The normalized spacial score (nSPS) is 14.3. The van der Waals surface area contributed by atoms with E-state index in [2.05, 4.69) is 16.1 Å². The lowest BCUT2D eigenvalue weighted by molar-refractivity contribution is 0.0747. The molecule has 150 valence electrons. The summed E-state index contributed by atoms with van der Waals surface area (Å²) in [4.78, 5) is 16.9. The molecule has 5 rings (SSSR count). The van der Waals surface area contributed by atoms with Gasteiger partial charge in [0.05, 0.1) is 17.4 Å². The van der Waals surface area contributed by atoms with Crippen LogP contribution in [0.2, 0.25) is 0 Å². The molecule has 4 aromatic rings. The maximum atomic E-state index is 13.3. The number of benzene rings is 2. The number of carbonyl (C=O) groups excluding carboxylic acids is 1. The van der Waals surface area contributed by atoms with E-state index in [1.54, 1.807) is 12.1 Å². The largest absolute Gasteiger partial charge is 0.365 e. The lowest BCUT2D eigenvalue weighted by atomic mass is 10.1. The number of rotatable bonds is 3. The zero-order chi connectivity index (χ0) is 20.5. The number of pyridine rings is 1. The van der Waals surface area contributed by atoms with Crippen LogP contribution in [-0.2, 0) is 0 Å². The number of amides is 1. The maximum Gasteiger partial charge on any atom is 0.253 e. The first-order chi connectivity index (χ1) is 14.7. The Morgan fingerprint density at radius 3 is 2.33 bits per heavy atom. The first-order valence-electron chi connectivity index (χ1n) is 10.0. The number of anilines is 1. The molecular formula is C24H21FN4O. The number of fused-ring (bicyclic) bond motifs is 1. The summed E-state index contributed by atoms with van der Waals surface area (Å²) in [5, 5.41) is 4.48. The van der Waals surface area contributed by atoms with Gasteiger partial charge in [-0.05, 0) is 47.5 Å². The lowest BCUT2D eigenvalue weighted by Crippen LogP contribution is -2.48.